The van der Waals surface area contributed by atoms with Gasteiger partial charge in [0.05, 0.1) is 13.0 Å². The maximum atomic E-state index is 12.7. The number of imidazole rings is 1. The molecule has 3 nitrogen and oxygen atoms in total. The van der Waals surface area contributed by atoms with Crippen LogP contribution in [0.15, 0.2) is 60.8 Å². The lowest BCUT2D eigenvalue weighted by Gasteiger charge is -2.02. The van der Waals surface area contributed by atoms with Gasteiger partial charge in [-0.15, -0.1) is 0 Å². The van der Waals surface area contributed by atoms with Gasteiger partial charge < -0.3 is 0 Å². The second-order valence-corrected chi connectivity index (χ2v) is 6.65. The molecule has 0 fully saturated rings. The molecule has 0 atom stereocenters. The van der Waals surface area contributed by atoms with E-state index < -0.39 is 0 Å². The zero-order chi connectivity index (χ0) is 17.2. The predicted octanol–water partition coefficient (Wildman–Crippen LogP) is 3.83. The molecule has 0 aliphatic carbocycles. The molecule has 0 saturated heterocycles. The van der Waals surface area contributed by atoms with E-state index in [9.17, 15) is 4.79 Å². The molecule has 0 spiro atoms. The van der Waals surface area contributed by atoms with Crippen molar-refractivity contribution in [2.75, 3.05) is 0 Å². The highest BCUT2D eigenvalue weighted by Gasteiger charge is 2.29. The SMILES string of the molecule is CCc1ccc(C(=O)C[n+]2cc(-c3ccccc3)n3c2CCC3)cc1. The summed E-state index contributed by atoms with van der Waals surface area (Å²) in [6.07, 6.45) is 5.32. The number of Topliss-reactive ketones (excluding diaryl/α,β-unsaturated/α-hetero) is 1. The number of fused-ring (bicyclic) bond motifs is 1. The Kier molecular flexibility index (Phi) is 4.22. The monoisotopic (exact) mass is 331 g/mol. The number of rotatable bonds is 5. The fourth-order valence-electron chi connectivity index (χ4n) is 3.66. The topological polar surface area (TPSA) is 25.9 Å². The average Bonchev–Trinajstić information content (AvgIpc) is 3.26. The van der Waals surface area contributed by atoms with Gasteiger partial charge in [0.2, 0.25) is 5.78 Å². The lowest BCUT2D eigenvalue weighted by atomic mass is 10.1. The van der Waals surface area contributed by atoms with E-state index in [0.29, 0.717) is 6.54 Å². The van der Waals surface area contributed by atoms with E-state index in [4.69, 9.17) is 0 Å². The van der Waals surface area contributed by atoms with Gasteiger partial charge in [-0.2, -0.15) is 0 Å². The number of aryl methyl sites for hydroxylation is 1. The molecule has 4 rings (SSSR count). The van der Waals surface area contributed by atoms with Crippen LogP contribution in [0.2, 0.25) is 0 Å². The van der Waals surface area contributed by atoms with Crippen LogP contribution < -0.4 is 4.57 Å². The number of carbonyl (C=O) groups is 1. The van der Waals surface area contributed by atoms with E-state index in [1.807, 2.05) is 18.2 Å². The lowest BCUT2D eigenvalue weighted by Crippen LogP contribution is -2.40. The van der Waals surface area contributed by atoms with Gasteiger partial charge in [-0.05, 0) is 18.4 Å². The van der Waals surface area contributed by atoms with E-state index >= 15 is 0 Å². The summed E-state index contributed by atoms with van der Waals surface area (Å²) in [5.41, 5.74) is 4.48. The summed E-state index contributed by atoms with van der Waals surface area (Å²) >= 11 is 0. The summed E-state index contributed by atoms with van der Waals surface area (Å²) in [4.78, 5) is 12.7. The van der Waals surface area contributed by atoms with Crippen molar-refractivity contribution in [1.29, 1.82) is 0 Å². The van der Waals surface area contributed by atoms with Crippen LogP contribution in [0.4, 0.5) is 0 Å². The minimum atomic E-state index is 0.174. The van der Waals surface area contributed by atoms with E-state index in [1.165, 1.54) is 22.6 Å². The van der Waals surface area contributed by atoms with Crippen LogP contribution in [-0.4, -0.2) is 10.4 Å². The lowest BCUT2D eigenvalue weighted by molar-refractivity contribution is -0.689. The van der Waals surface area contributed by atoms with Gasteiger partial charge in [-0.1, -0.05) is 61.5 Å². The van der Waals surface area contributed by atoms with Crippen LogP contribution in [0.5, 0.6) is 0 Å². The number of ketones is 1. The summed E-state index contributed by atoms with van der Waals surface area (Å²) in [6.45, 7) is 3.57. The van der Waals surface area contributed by atoms with Crippen molar-refractivity contribution in [2.24, 2.45) is 0 Å². The normalized spacial score (nSPS) is 13.0. The van der Waals surface area contributed by atoms with Crippen LogP contribution in [-0.2, 0) is 25.9 Å². The van der Waals surface area contributed by atoms with Crippen LogP contribution in [0, 0.1) is 0 Å². The summed E-state index contributed by atoms with van der Waals surface area (Å²) < 4.78 is 4.51. The van der Waals surface area contributed by atoms with E-state index in [1.54, 1.807) is 0 Å². The minimum Gasteiger partial charge on any atom is -0.290 e. The van der Waals surface area contributed by atoms with E-state index in [-0.39, 0.29) is 5.78 Å². The molecule has 0 amide bonds. The number of hydrogen-bond acceptors (Lipinski definition) is 1. The molecule has 1 aliphatic heterocycles. The molecule has 25 heavy (non-hydrogen) atoms. The Morgan fingerprint density at radius 3 is 2.56 bits per heavy atom. The first-order chi connectivity index (χ1) is 12.3. The quantitative estimate of drug-likeness (QED) is 0.515. The van der Waals surface area contributed by atoms with Gasteiger partial charge >= 0.3 is 0 Å². The first-order valence-corrected chi connectivity index (χ1v) is 9.05. The van der Waals surface area contributed by atoms with Crippen molar-refractivity contribution >= 4 is 5.78 Å². The smallest absolute Gasteiger partial charge is 0.257 e. The van der Waals surface area contributed by atoms with E-state index in [0.717, 1.165) is 31.4 Å². The second kappa shape index (κ2) is 6.67. The van der Waals surface area contributed by atoms with Crippen molar-refractivity contribution in [3.8, 4) is 11.3 Å². The number of benzene rings is 2. The Bertz CT molecular complexity index is 892. The fourth-order valence-corrected chi connectivity index (χ4v) is 3.66. The molecule has 3 heteroatoms. The molecule has 0 saturated carbocycles. The largest absolute Gasteiger partial charge is 0.290 e. The third-order valence-electron chi connectivity index (χ3n) is 5.06. The van der Waals surface area contributed by atoms with Crippen LogP contribution in [0.25, 0.3) is 11.3 Å². The number of hydrogen-bond donors (Lipinski definition) is 0. The van der Waals surface area contributed by atoms with Gasteiger partial charge in [0.15, 0.2) is 12.2 Å². The molecule has 0 N–H and O–H groups in total. The van der Waals surface area contributed by atoms with Crippen molar-refractivity contribution in [2.45, 2.75) is 39.3 Å². The summed E-state index contributed by atoms with van der Waals surface area (Å²) in [5, 5.41) is 0. The second-order valence-electron chi connectivity index (χ2n) is 6.65. The van der Waals surface area contributed by atoms with Gasteiger partial charge in [0.1, 0.15) is 6.20 Å². The molecule has 3 aromatic rings. The van der Waals surface area contributed by atoms with Crippen molar-refractivity contribution in [3.05, 3.63) is 77.7 Å². The molecule has 126 valence electrons. The van der Waals surface area contributed by atoms with Crippen molar-refractivity contribution in [1.82, 2.24) is 4.57 Å². The maximum absolute atomic E-state index is 12.7. The zero-order valence-corrected chi connectivity index (χ0v) is 14.6. The Morgan fingerprint density at radius 1 is 1.08 bits per heavy atom. The molecule has 1 aliphatic rings. The van der Waals surface area contributed by atoms with Crippen LogP contribution in [0.3, 0.4) is 0 Å². The molecule has 0 unspecified atom stereocenters. The molecular weight excluding hydrogens is 308 g/mol. The highest BCUT2D eigenvalue weighted by molar-refractivity contribution is 5.95. The van der Waals surface area contributed by atoms with Gasteiger partial charge in [0.25, 0.3) is 5.82 Å². The number of nitrogens with zero attached hydrogens (tertiary/aromatic N) is 2. The van der Waals surface area contributed by atoms with E-state index in [2.05, 4.69) is 58.7 Å². The Balaban J connectivity index is 1.63. The van der Waals surface area contributed by atoms with Crippen molar-refractivity contribution < 1.29 is 9.36 Å². The average molecular weight is 331 g/mol. The Hall–Kier alpha value is -2.68. The van der Waals surface area contributed by atoms with Crippen molar-refractivity contribution in [3.63, 3.8) is 0 Å². The zero-order valence-electron chi connectivity index (χ0n) is 14.6. The molecular formula is C22H23N2O+. The van der Waals surface area contributed by atoms with Gasteiger partial charge in [0, 0.05) is 11.1 Å². The third-order valence-corrected chi connectivity index (χ3v) is 5.06. The minimum absolute atomic E-state index is 0.174. The predicted molar refractivity (Wildman–Crippen MR) is 98.5 cm³/mol. The molecule has 0 bridgehead atoms. The fraction of sp³-hybridized carbons (Fsp3) is 0.273. The standard InChI is InChI=1S/C22H23N2O/c1-2-17-10-12-19(13-11-17)21(25)16-23-15-20(18-7-4-3-5-8-18)24-14-6-9-22(23)24/h3-5,7-8,10-13,15H,2,6,9,14,16H2,1H3/q+1. The van der Waals surface area contributed by atoms with Crippen LogP contribution in [0.1, 0.15) is 35.1 Å². The maximum Gasteiger partial charge on any atom is 0.257 e. The molecule has 2 aromatic carbocycles. The summed E-state index contributed by atoms with van der Waals surface area (Å²) in [7, 11) is 0. The highest BCUT2D eigenvalue weighted by Crippen LogP contribution is 2.24. The van der Waals surface area contributed by atoms with Crippen LogP contribution >= 0.6 is 0 Å². The molecule has 2 heterocycles. The number of aromatic nitrogens is 2. The molecule has 1 aromatic heterocycles. The molecule has 0 radical (unpaired) electrons. The summed E-state index contributed by atoms with van der Waals surface area (Å²) in [5.74, 6) is 1.44. The van der Waals surface area contributed by atoms with Gasteiger partial charge in [-0.25, -0.2) is 9.13 Å². The first-order valence-electron chi connectivity index (χ1n) is 9.05. The Morgan fingerprint density at radius 2 is 1.84 bits per heavy atom. The Labute approximate surface area is 148 Å². The third kappa shape index (κ3) is 3.02. The summed E-state index contributed by atoms with van der Waals surface area (Å²) in [6, 6.07) is 18.5. The highest BCUT2D eigenvalue weighted by atomic mass is 16.1. The number of carbonyl (C=O) groups excluding carboxylic acids is 1. The van der Waals surface area contributed by atoms with Gasteiger partial charge in [-0.3, -0.25) is 4.79 Å². The first kappa shape index (κ1) is 15.8.